The summed E-state index contributed by atoms with van der Waals surface area (Å²) in [6, 6.07) is 10.4. The molecule has 0 spiro atoms. The molecule has 1 aliphatic rings. The molecular weight excluding hydrogens is 548 g/mol. The second-order valence-corrected chi connectivity index (χ2v) is 12.1. The second-order valence-electron chi connectivity index (χ2n) is 12.1. The lowest BCUT2D eigenvalue weighted by Crippen LogP contribution is -2.57. The van der Waals surface area contributed by atoms with E-state index in [-0.39, 0.29) is 11.1 Å². The number of unbranched alkanes of at least 4 members (excludes halogenated alkanes) is 4. The van der Waals surface area contributed by atoms with Crippen molar-refractivity contribution in [3.05, 3.63) is 59.2 Å². The molecule has 2 aromatic rings. The van der Waals surface area contributed by atoms with Crippen LogP contribution in [-0.4, -0.2) is 56.5 Å². The molecule has 0 aromatic heterocycles. The fraction of sp³-hybridized carbons (Fsp3) is 0.529. The Morgan fingerprint density at radius 3 is 1.98 bits per heavy atom. The quantitative estimate of drug-likeness (QED) is 0.160. The third-order valence-corrected chi connectivity index (χ3v) is 7.59. The maximum absolute atomic E-state index is 13.5. The first-order chi connectivity index (χ1) is 20.4. The molecule has 9 nitrogen and oxygen atoms in total. The highest BCUT2D eigenvalue weighted by atomic mass is 16.7. The SMILES string of the molecule is CCCCCCCN(Cc1ccc(C(C)(C)C)cc1)C1C(=O)OC(C)(C=C(N)c2cc(OC)c(OC)c(OC)c2)OC1=O. The lowest BCUT2D eigenvalue weighted by atomic mass is 9.86. The first kappa shape index (κ1) is 33.8. The highest BCUT2D eigenvalue weighted by molar-refractivity contribution is 6.01. The zero-order valence-electron chi connectivity index (χ0n) is 27.0. The third kappa shape index (κ3) is 8.66. The van der Waals surface area contributed by atoms with E-state index in [1.54, 1.807) is 12.1 Å². The summed E-state index contributed by atoms with van der Waals surface area (Å²) in [5.74, 6) is -1.83. The van der Waals surface area contributed by atoms with E-state index >= 15 is 0 Å². The number of rotatable bonds is 14. The monoisotopic (exact) mass is 596 g/mol. The standard InChI is InChI=1S/C34H48N2O7/c1-9-10-11-12-13-18-36(22-23-14-16-25(17-15-23)33(2,3)4)29-31(37)42-34(5,43-32(29)38)21-26(35)24-19-27(39-6)30(41-8)28(20-24)40-7/h14-17,19-21,29H,9-13,18,22,35H2,1-8H3. The number of cyclic esters (lactones) is 2. The molecule has 2 aromatic carbocycles. The molecule has 0 amide bonds. The summed E-state index contributed by atoms with van der Waals surface area (Å²) in [5, 5.41) is 0. The normalized spacial score (nSPS) is 19.2. The van der Waals surface area contributed by atoms with E-state index in [1.807, 2.05) is 4.90 Å². The molecule has 0 unspecified atom stereocenters. The van der Waals surface area contributed by atoms with Gasteiger partial charge in [-0.25, -0.2) is 9.59 Å². The number of hydrogen-bond acceptors (Lipinski definition) is 9. The average Bonchev–Trinajstić information content (AvgIpc) is 2.95. The largest absolute Gasteiger partial charge is 0.493 e. The Bertz CT molecular complexity index is 1240. The summed E-state index contributed by atoms with van der Waals surface area (Å²) in [4.78, 5) is 28.8. The molecule has 0 atom stereocenters. The summed E-state index contributed by atoms with van der Waals surface area (Å²) in [7, 11) is 4.51. The third-order valence-electron chi connectivity index (χ3n) is 7.59. The average molecular weight is 597 g/mol. The lowest BCUT2D eigenvalue weighted by Gasteiger charge is -2.38. The van der Waals surface area contributed by atoms with Gasteiger partial charge in [0, 0.05) is 30.8 Å². The Morgan fingerprint density at radius 1 is 0.930 bits per heavy atom. The predicted octanol–water partition coefficient (Wildman–Crippen LogP) is 5.97. The van der Waals surface area contributed by atoms with Gasteiger partial charge in [0.15, 0.2) is 11.5 Å². The number of methoxy groups -OCH3 is 3. The lowest BCUT2D eigenvalue weighted by molar-refractivity contribution is -0.232. The number of ether oxygens (including phenoxy) is 5. The summed E-state index contributed by atoms with van der Waals surface area (Å²) in [5.41, 5.74) is 9.35. The molecule has 1 heterocycles. The van der Waals surface area contributed by atoms with Crippen molar-refractivity contribution in [3.63, 3.8) is 0 Å². The molecule has 2 N–H and O–H groups in total. The van der Waals surface area contributed by atoms with Crippen LogP contribution < -0.4 is 19.9 Å². The summed E-state index contributed by atoms with van der Waals surface area (Å²) in [6.45, 7) is 11.1. The van der Waals surface area contributed by atoms with Gasteiger partial charge < -0.3 is 29.4 Å². The smallest absolute Gasteiger partial charge is 0.338 e. The Balaban J connectivity index is 1.84. The molecule has 43 heavy (non-hydrogen) atoms. The van der Waals surface area contributed by atoms with Crippen molar-refractivity contribution in [3.8, 4) is 17.2 Å². The topological polar surface area (TPSA) is 110 Å². The van der Waals surface area contributed by atoms with Crippen LogP contribution in [0.4, 0.5) is 0 Å². The molecule has 0 radical (unpaired) electrons. The number of esters is 2. The summed E-state index contributed by atoms with van der Waals surface area (Å²) < 4.78 is 27.8. The van der Waals surface area contributed by atoms with Gasteiger partial charge in [0.25, 0.3) is 5.79 Å². The van der Waals surface area contributed by atoms with E-state index in [2.05, 4.69) is 52.0 Å². The molecule has 9 heteroatoms. The Labute approximate surface area is 256 Å². The fourth-order valence-corrected chi connectivity index (χ4v) is 5.16. The zero-order valence-corrected chi connectivity index (χ0v) is 27.0. The van der Waals surface area contributed by atoms with Gasteiger partial charge in [-0.2, -0.15) is 0 Å². The van der Waals surface area contributed by atoms with Crippen molar-refractivity contribution >= 4 is 17.6 Å². The molecule has 0 aliphatic carbocycles. The van der Waals surface area contributed by atoms with E-state index in [9.17, 15) is 9.59 Å². The molecule has 3 rings (SSSR count). The Morgan fingerprint density at radius 2 is 1.49 bits per heavy atom. The maximum atomic E-state index is 13.5. The number of nitrogens with zero attached hydrogens (tertiary/aromatic N) is 1. The number of hydrogen-bond donors (Lipinski definition) is 1. The summed E-state index contributed by atoms with van der Waals surface area (Å²) >= 11 is 0. The minimum absolute atomic E-state index is 0.0242. The van der Waals surface area contributed by atoms with Gasteiger partial charge in [-0.1, -0.05) is 77.6 Å². The van der Waals surface area contributed by atoms with E-state index < -0.39 is 23.8 Å². The summed E-state index contributed by atoms with van der Waals surface area (Å²) in [6.07, 6.45) is 6.65. The highest BCUT2D eigenvalue weighted by Gasteiger charge is 2.48. The van der Waals surface area contributed by atoms with Crippen LogP contribution >= 0.6 is 0 Å². The van der Waals surface area contributed by atoms with Crippen molar-refractivity contribution in [2.45, 2.75) is 90.5 Å². The van der Waals surface area contributed by atoms with E-state index in [0.717, 1.165) is 37.7 Å². The number of carbonyl (C=O) groups is 2. The minimum atomic E-state index is -1.70. The van der Waals surface area contributed by atoms with Crippen molar-refractivity contribution in [1.82, 2.24) is 4.90 Å². The van der Waals surface area contributed by atoms with Crippen LogP contribution in [0.1, 0.15) is 83.4 Å². The maximum Gasteiger partial charge on any atom is 0.338 e. The number of carbonyl (C=O) groups excluding carboxylic acids is 2. The van der Waals surface area contributed by atoms with Crippen molar-refractivity contribution in [2.75, 3.05) is 27.9 Å². The predicted molar refractivity (Wildman–Crippen MR) is 167 cm³/mol. The molecule has 1 fully saturated rings. The van der Waals surface area contributed by atoms with Gasteiger partial charge in [0.1, 0.15) is 0 Å². The first-order valence-electron chi connectivity index (χ1n) is 14.9. The van der Waals surface area contributed by atoms with Gasteiger partial charge in [-0.15, -0.1) is 0 Å². The van der Waals surface area contributed by atoms with E-state index in [4.69, 9.17) is 29.4 Å². The van der Waals surface area contributed by atoms with Gasteiger partial charge >= 0.3 is 11.9 Å². The van der Waals surface area contributed by atoms with E-state index in [0.29, 0.717) is 35.9 Å². The van der Waals surface area contributed by atoms with Crippen molar-refractivity contribution in [1.29, 1.82) is 0 Å². The van der Waals surface area contributed by atoms with Crippen LogP contribution in [0.3, 0.4) is 0 Å². The van der Waals surface area contributed by atoms with Gasteiger partial charge in [0.2, 0.25) is 11.8 Å². The molecule has 1 aliphatic heterocycles. The van der Waals surface area contributed by atoms with Crippen LogP contribution in [-0.2, 0) is 31.0 Å². The number of nitrogens with two attached hydrogens (primary N) is 1. The van der Waals surface area contributed by atoms with Crippen molar-refractivity contribution in [2.24, 2.45) is 5.73 Å². The van der Waals surface area contributed by atoms with Gasteiger partial charge in [-0.05, 0) is 41.6 Å². The Kier molecular flexibility index (Phi) is 11.5. The van der Waals surface area contributed by atoms with Crippen LogP contribution in [0.5, 0.6) is 17.2 Å². The van der Waals surface area contributed by atoms with E-state index in [1.165, 1.54) is 39.9 Å². The zero-order chi connectivity index (χ0) is 31.8. The highest BCUT2D eigenvalue weighted by Crippen LogP contribution is 2.40. The fourth-order valence-electron chi connectivity index (χ4n) is 5.16. The minimum Gasteiger partial charge on any atom is -0.493 e. The molecule has 236 valence electrons. The van der Waals surface area contributed by atoms with Crippen molar-refractivity contribution < 1.29 is 33.3 Å². The molecular formula is C34H48N2O7. The van der Waals surface area contributed by atoms with Crippen LogP contribution in [0, 0.1) is 0 Å². The van der Waals surface area contributed by atoms with Crippen LogP contribution in [0.2, 0.25) is 0 Å². The number of benzene rings is 2. The molecule has 0 saturated carbocycles. The second kappa shape index (κ2) is 14.6. The Hall–Kier alpha value is -3.72. The van der Waals surface area contributed by atoms with Gasteiger partial charge in [-0.3, -0.25) is 4.90 Å². The molecule has 0 bridgehead atoms. The van der Waals surface area contributed by atoms with Crippen LogP contribution in [0.15, 0.2) is 42.5 Å². The van der Waals surface area contributed by atoms with Gasteiger partial charge in [0.05, 0.1) is 21.3 Å². The first-order valence-corrected chi connectivity index (χ1v) is 14.9. The molecule has 1 saturated heterocycles. The van der Waals surface area contributed by atoms with Crippen LogP contribution in [0.25, 0.3) is 5.70 Å².